The minimum Gasteiger partial charge on any atom is -0.449 e. The highest BCUT2D eigenvalue weighted by molar-refractivity contribution is 5.97. The first kappa shape index (κ1) is 17.0. The molecule has 6 nitrogen and oxygen atoms in total. The zero-order valence-corrected chi connectivity index (χ0v) is 13.4. The molecule has 0 radical (unpaired) electrons. The number of esters is 1. The molecular formula is C18H17N3O3. The minimum atomic E-state index is -0.976. The molecule has 2 rings (SSSR count). The van der Waals surface area contributed by atoms with E-state index in [2.05, 4.69) is 5.32 Å². The van der Waals surface area contributed by atoms with Crippen molar-refractivity contribution in [2.24, 2.45) is 0 Å². The van der Waals surface area contributed by atoms with Crippen LogP contribution in [0.1, 0.15) is 28.4 Å². The third-order valence-corrected chi connectivity index (χ3v) is 3.45. The number of nitriles is 1. The van der Waals surface area contributed by atoms with Crippen molar-refractivity contribution in [1.29, 1.82) is 5.26 Å². The fourth-order valence-corrected chi connectivity index (χ4v) is 1.92. The van der Waals surface area contributed by atoms with Crippen LogP contribution in [0.25, 0.3) is 0 Å². The molecule has 122 valence electrons. The number of benzene rings is 2. The van der Waals surface area contributed by atoms with Crippen LogP contribution in [0.15, 0.2) is 42.5 Å². The Kier molecular flexibility index (Phi) is 5.17. The minimum absolute atomic E-state index is 0.288. The molecule has 0 heterocycles. The average molecular weight is 323 g/mol. The predicted molar refractivity (Wildman–Crippen MR) is 90.3 cm³/mol. The van der Waals surface area contributed by atoms with Crippen molar-refractivity contribution in [3.05, 3.63) is 59.2 Å². The standard InChI is InChI=1S/C18H17N3O3/c1-11-3-6-14(9-16(11)20)18(23)24-12(2)17(22)21-15-7-4-13(10-19)5-8-15/h3-9,12H,20H2,1-2H3,(H,21,22)/t12-/m1/s1. The van der Waals surface area contributed by atoms with Gasteiger partial charge >= 0.3 is 5.97 Å². The molecular weight excluding hydrogens is 306 g/mol. The van der Waals surface area contributed by atoms with Crippen molar-refractivity contribution in [2.45, 2.75) is 20.0 Å². The van der Waals surface area contributed by atoms with E-state index in [1.807, 2.05) is 13.0 Å². The van der Waals surface area contributed by atoms with E-state index in [1.54, 1.807) is 36.4 Å². The maximum Gasteiger partial charge on any atom is 0.338 e. The predicted octanol–water partition coefficient (Wildman–Crippen LogP) is 2.63. The second-order valence-corrected chi connectivity index (χ2v) is 5.30. The molecule has 0 bridgehead atoms. The van der Waals surface area contributed by atoms with Gasteiger partial charge in [-0.25, -0.2) is 4.79 Å². The Morgan fingerprint density at radius 1 is 1.21 bits per heavy atom. The van der Waals surface area contributed by atoms with Crippen molar-refractivity contribution in [1.82, 2.24) is 0 Å². The van der Waals surface area contributed by atoms with Crippen LogP contribution in [-0.4, -0.2) is 18.0 Å². The van der Waals surface area contributed by atoms with Crippen LogP contribution in [0.3, 0.4) is 0 Å². The third-order valence-electron chi connectivity index (χ3n) is 3.45. The van der Waals surface area contributed by atoms with Crippen LogP contribution >= 0.6 is 0 Å². The summed E-state index contributed by atoms with van der Waals surface area (Å²) in [4.78, 5) is 24.1. The van der Waals surface area contributed by atoms with E-state index in [0.29, 0.717) is 16.9 Å². The Balaban J connectivity index is 1.98. The molecule has 0 aliphatic carbocycles. The number of aryl methyl sites for hydroxylation is 1. The van der Waals surface area contributed by atoms with Gasteiger partial charge in [-0.05, 0) is 55.8 Å². The summed E-state index contributed by atoms with van der Waals surface area (Å²) in [5, 5.41) is 11.4. The van der Waals surface area contributed by atoms with Crippen LogP contribution in [0.2, 0.25) is 0 Å². The highest BCUT2D eigenvalue weighted by atomic mass is 16.5. The summed E-state index contributed by atoms with van der Waals surface area (Å²) < 4.78 is 5.15. The van der Waals surface area contributed by atoms with Gasteiger partial charge < -0.3 is 15.8 Å². The molecule has 2 aromatic carbocycles. The first-order valence-corrected chi connectivity index (χ1v) is 7.29. The SMILES string of the molecule is Cc1ccc(C(=O)O[C@H](C)C(=O)Nc2ccc(C#N)cc2)cc1N. The maximum atomic E-state index is 12.1. The number of ether oxygens (including phenoxy) is 1. The van der Waals surface area contributed by atoms with E-state index in [4.69, 9.17) is 15.7 Å². The van der Waals surface area contributed by atoms with Gasteiger partial charge in [0.2, 0.25) is 0 Å². The van der Waals surface area contributed by atoms with Crippen LogP contribution in [0.5, 0.6) is 0 Å². The van der Waals surface area contributed by atoms with Crippen LogP contribution in [-0.2, 0) is 9.53 Å². The second-order valence-electron chi connectivity index (χ2n) is 5.30. The number of hydrogen-bond acceptors (Lipinski definition) is 5. The van der Waals surface area contributed by atoms with Crippen LogP contribution < -0.4 is 11.1 Å². The van der Waals surface area contributed by atoms with Gasteiger partial charge in [-0.1, -0.05) is 6.07 Å². The monoisotopic (exact) mass is 323 g/mol. The molecule has 3 N–H and O–H groups in total. The number of anilines is 2. The van der Waals surface area contributed by atoms with E-state index < -0.39 is 18.0 Å². The number of amides is 1. The molecule has 2 aromatic rings. The Labute approximate surface area is 139 Å². The molecule has 0 aromatic heterocycles. The normalized spacial score (nSPS) is 11.2. The Hall–Kier alpha value is -3.33. The van der Waals surface area contributed by atoms with Crippen molar-refractivity contribution in [3.63, 3.8) is 0 Å². The number of nitrogens with zero attached hydrogens (tertiary/aromatic N) is 1. The van der Waals surface area contributed by atoms with Crippen molar-refractivity contribution in [3.8, 4) is 6.07 Å². The lowest BCUT2D eigenvalue weighted by atomic mass is 10.1. The molecule has 0 saturated heterocycles. The maximum absolute atomic E-state index is 12.1. The molecule has 0 saturated carbocycles. The van der Waals surface area contributed by atoms with Crippen molar-refractivity contribution >= 4 is 23.3 Å². The van der Waals surface area contributed by atoms with Crippen molar-refractivity contribution in [2.75, 3.05) is 11.1 Å². The van der Waals surface area contributed by atoms with E-state index >= 15 is 0 Å². The molecule has 0 spiro atoms. The fourth-order valence-electron chi connectivity index (χ4n) is 1.92. The van der Waals surface area contributed by atoms with Gasteiger partial charge in [0.25, 0.3) is 5.91 Å². The lowest BCUT2D eigenvalue weighted by molar-refractivity contribution is -0.123. The summed E-state index contributed by atoms with van der Waals surface area (Å²) in [5.74, 6) is -1.09. The van der Waals surface area contributed by atoms with Crippen LogP contribution in [0, 0.1) is 18.3 Å². The number of nitrogen functional groups attached to an aromatic ring is 1. The summed E-state index contributed by atoms with van der Waals surface area (Å²) in [7, 11) is 0. The summed E-state index contributed by atoms with van der Waals surface area (Å²) >= 11 is 0. The highest BCUT2D eigenvalue weighted by Gasteiger charge is 2.19. The molecule has 24 heavy (non-hydrogen) atoms. The van der Waals surface area contributed by atoms with Gasteiger partial charge in [0, 0.05) is 11.4 Å². The molecule has 1 atom stereocenters. The zero-order valence-electron chi connectivity index (χ0n) is 13.4. The molecule has 0 unspecified atom stereocenters. The molecule has 0 fully saturated rings. The number of hydrogen-bond donors (Lipinski definition) is 2. The fraction of sp³-hybridized carbons (Fsp3) is 0.167. The van der Waals surface area contributed by atoms with E-state index in [0.717, 1.165) is 5.56 Å². The molecule has 6 heteroatoms. The van der Waals surface area contributed by atoms with E-state index in [-0.39, 0.29) is 5.56 Å². The Morgan fingerprint density at radius 3 is 2.46 bits per heavy atom. The summed E-state index contributed by atoms with van der Waals surface area (Å²) in [6, 6.07) is 13.2. The van der Waals surface area contributed by atoms with Gasteiger partial charge in [-0.2, -0.15) is 5.26 Å². The van der Waals surface area contributed by atoms with Crippen LogP contribution in [0.4, 0.5) is 11.4 Å². The summed E-state index contributed by atoms with van der Waals surface area (Å²) in [6.45, 7) is 3.31. The van der Waals surface area contributed by atoms with Gasteiger partial charge in [0.15, 0.2) is 6.10 Å². The van der Waals surface area contributed by atoms with Gasteiger partial charge in [-0.3, -0.25) is 4.79 Å². The molecule has 0 aliphatic rings. The average Bonchev–Trinajstić information content (AvgIpc) is 2.57. The largest absolute Gasteiger partial charge is 0.449 e. The molecule has 1 amide bonds. The van der Waals surface area contributed by atoms with Gasteiger partial charge in [-0.15, -0.1) is 0 Å². The quantitative estimate of drug-likeness (QED) is 0.664. The Bertz CT molecular complexity index is 807. The van der Waals surface area contributed by atoms with Gasteiger partial charge in [0.05, 0.1) is 17.2 Å². The smallest absolute Gasteiger partial charge is 0.338 e. The first-order valence-electron chi connectivity index (χ1n) is 7.29. The lowest BCUT2D eigenvalue weighted by Gasteiger charge is -2.14. The van der Waals surface area contributed by atoms with E-state index in [1.165, 1.54) is 13.0 Å². The summed E-state index contributed by atoms with van der Waals surface area (Å²) in [5.41, 5.74) is 8.40. The number of nitrogens with two attached hydrogens (primary N) is 1. The lowest BCUT2D eigenvalue weighted by Crippen LogP contribution is -2.30. The number of carbonyl (C=O) groups excluding carboxylic acids is 2. The number of carbonyl (C=O) groups is 2. The summed E-state index contributed by atoms with van der Waals surface area (Å²) in [6.07, 6.45) is -0.976. The zero-order chi connectivity index (χ0) is 17.7. The topological polar surface area (TPSA) is 105 Å². The third kappa shape index (κ3) is 4.11. The van der Waals surface area contributed by atoms with Crippen molar-refractivity contribution < 1.29 is 14.3 Å². The highest BCUT2D eigenvalue weighted by Crippen LogP contribution is 2.15. The number of nitrogens with one attached hydrogen (secondary N) is 1. The van der Waals surface area contributed by atoms with E-state index in [9.17, 15) is 9.59 Å². The number of rotatable bonds is 4. The Morgan fingerprint density at radius 2 is 1.88 bits per heavy atom. The first-order chi connectivity index (χ1) is 11.4. The molecule has 0 aliphatic heterocycles. The second kappa shape index (κ2) is 7.29. The van der Waals surface area contributed by atoms with Gasteiger partial charge in [0.1, 0.15) is 0 Å².